The number of thiazole rings is 1. The van der Waals surface area contributed by atoms with E-state index in [1.54, 1.807) is 47.4 Å². The highest BCUT2D eigenvalue weighted by Gasteiger charge is 2.13. The molecule has 0 saturated carbocycles. The van der Waals surface area contributed by atoms with Gasteiger partial charge in [0.05, 0.1) is 4.92 Å². The van der Waals surface area contributed by atoms with Crippen molar-refractivity contribution in [1.29, 1.82) is 0 Å². The largest absolute Gasteiger partial charge is 0.378 e. The van der Waals surface area contributed by atoms with Gasteiger partial charge >= 0.3 is 0 Å². The second kappa shape index (κ2) is 10.0. The number of rotatable bonds is 9. The lowest BCUT2D eigenvalue weighted by Gasteiger charge is -2.11. The van der Waals surface area contributed by atoms with Crippen LogP contribution in [0.25, 0.3) is 0 Å². The van der Waals surface area contributed by atoms with Gasteiger partial charge in [0.15, 0.2) is 0 Å². The monoisotopic (exact) mass is 428 g/mol. The number of nitro benzene ring substituents is 1. The minimum Gasteiger partial charge on any atom is -0.378 e. The number of hydrogen-bond donors (Lipinski definition) is 2. The summed E-state index contributed by atoms with van der Waals surface area (Å²) >= 11 is 3.20. The molecule has 0 bridgehead atoms. The average Bonchev–Trinajstić information content (AvgIpc) is 3.15. The SMILES string of the molecule is Cc1csc(SCc2ccccc2C(=O)NCCNc2ccccc2[N+](=O)[O-])n1. The zero-order valence-electron chi connectivity index (χ0n) is 15.8. The summed E-state index contributed by atoms with van der Waals surface area (Å²) in [6.07, 6.45) is 0. The van der Waals surface area contributed by atoms with Gasteiger partial charge < -0.3 is 10.6 Å². The first kappa shape index (κ1) is 20.8. The molecule has 29 heavy (non-hydrogen) atoms. The van der Waals surface area contributed by atoms with Crippen molar-refractivity contribution in [2.75, 3.05) is 18.4 Å². The van der Waals surface area contributed by atoms with Crippen molar-refractivity contribution >= 4 is 40.4 Å². The number of amides is 1. The number of nitrogens with one attached hydrogen (secondary N) is 2. The van der Waals surface area contributed by atoms with Gasteiger partial charge in [-0.1, -0.05) is 42.1 Å². The highest BCUT2D eigenvalue weighted by atomic mass is 32.2. The van der Waals surface area contributed by atoms with E-state index in [4.69, 9.17) is 0 Å². The Hall–Kier alpha value is -2.91. The normalized spacial score (nSPS) is 10.5. The number of hydrogen-bond acceptors (Lipinski definition) is 7. The highest BCUT2D eigenvalue weighted by Crippen LogP contribution is 2.27. The quantitative estimate of drug-likeness (QED) is 0.225. The minimum absolute atomic E-state index is 0.0126. The Morgan fingerprint density at radius 1 is 1.17 bits per heavy atom. The van der Waals surface area contributed by atoms with Crippen LogP contribution in [0.2, 0.25) is 0 Å². The Balaban J connectivity index is 1.54. The molecule has 150 valence electrons. The average molecular weight is 429 g/mol. The molecular formula is C20H20N4O3S2. The van der Waals surface area contributed by atoms with Gasteiger partial charge in [0.1, 0.15) is 10.0 Å². The lowest BCUT2D eigenvalue weighted by atomic mass is 10.1. The second-order valence-corrected chi connectivity index (χ2v) is 8.24. The summed E-state index contributed by atoms with van der Waals surface area (Å²) in [5.74, 6) is 0.492. The Bertz CT molecular complexity index is 1010. The number of nitro groups is 1. The maximum atomic E-state index is 12.6. The number of carbonyl (C=O) groups excluding carboxylic acids is 1. The van der Waals surface area contributed by atoms with Crippen molar-refractivity contribution in [2.45, 2.75) is 17.0 Å². The van der Waals surface area contributed by atoms with E-state index >= 15 is 0 Å². The number of aromatic nitrogens is 1. The molecule has 0 radical (unpaired) electrons. The molecule has 0 fully saturated rings. The van der Waals surface area contributed by atoms with Crippen LogP contribution in [-0.2, 0) is 5.75 Å². The first-order chi connectivity index (χ1) is 14.0. The molecule has 1 aromatic heterocycles. The van der Waals surface area contributed by atoms with Crippen LogP contribution in [0, 0.1) is 17.0 Å². The summed E-state index contributed by atoms with van der Waals surface area (Å²) < 4.78 is 0.978. The molecule has 1 heterocycles. The van der Waals surface area contributed by atoms with E-state index in [9.17, 15) is 14.9 Å². The molecule has 1 amide bonds. The topological polar surface area (TPSA) is 97.2 Å². The van der Waals surface area contributed by atoms with Crippen molar-refractivity contribution in [3.63, 3.8) is 0 Å². The zero-order valence-corrected chi connectivity index (χ0v) is 17.4. The summed E-state index contributed by atoms with van der Waals surface area (Å²) in [6.45, 7) is 2.68. The van der Waals surface area contributed by atoms with Crippen LogP contribution in [-0.4, -0.2) is 28.9 Å². The third kappa shape index (κ3) is 5.78. The first-order valence-corrected chi connectivity index (χ1v) is 10.8. The molecule has 0 unspecified atom stereocenters. The third-order valence-electron chi connectivity index (χ3n) is 4.04. The highest BCUT2D eigenvalue weighted by molar-refractivity contribution is 8.00. The molecule has 7 nitrogen and oxygen atoms in total. The van der Waals surface area contributed by atoms with Gasteiger partial charge in [0.25, 0.3) is 11.6 Å². The van der Waals surface area contributed by atoms with E-state index in [2.05, 4.69) is 15.6 Å². The van der Waals surface area contributed by atoms with E-state index in [0.29, 0.717) is 30.1 Å². The molecule has 3 rings (SSSR count). The molecule has 0 aliphatic heterocycles. The number of nitrogens with zero attached hydrogens (tertiary/aromatic N) is 2. The van der Waals surface area contributed by atoms with Crippen LogP contribution in [0.4, 0.5) is 11.4 Å². The Kier molecular flexibility index (Phi) is 7.20. The van der Waals surface area contributed by atoms with Crippen LogP contribution in [0.5, 0.6) is 0 Å². The van der Waals surface area contributed by atoms with Crippen molar-refractivity contribution < 1.29 is 9.72 Å². The van der Waals surface area contributed by atoms with Gasteiger partial charge in [0.2, 0.25) is 0 Å². The first-order valence-electron chi connectivity index (χ1n) is 8.93. The summed E-state index contributed by atoms with van der Waals surface area (Å²) in [6, 6.07) is 13.9. The van der Waals surface area contributed by atoms with E-state index in [0.717, 1.165) is 15.6 Å². The third-order valence-corrected chi connectivity index (χ3v) is 6.23. The van der Waals surface area contributed by atoms with Crippen molar-refractivity contribution in [2.24, 2.45) is 0 Å². The van der Waals surface area contributed by atoms with Gasteiger partial charge in [-0.05, 0) is 24.6 Å². The summed E-state index contributed by atoms with van der Waals surface area (Å²) in [5, 5.41) is 18.9. The van der Waals surface area contributed by atoms with Crippen LogP contribution < -0.4 is 10.6 Å². The maximum absolute atomic E-state index is 12.6. The molecule has 0 aliphatic rings. The smallest absolute Gasteiger partial charge is 0.292 e. The van der Waals surface area contributed by atoms with Crippen molar-refractivity contribution in [3.05, 3.63) is 80.8 Å². The molecule has 2 aromatic carbocycles. The summed E-state index contributed by atoms with van der Waals surface area (Å²) in [5.41, 5.74) is 3.00. The fourth-order valence-electron chi connectivity index (χ4n) is 2.66. The summed E-state index contributed by atoms with van der Waals surface area (Å²) in [7, 11) is 0. The predicted molar refractivity (Wildman–Crippen MR) is 117 cm³/mol. The van der Waals surface area contributed by atoms with Gasteiger partial charge in [-0.15, -0.1) is 11.3 Å². The molecule has 0 aliphatic carbocycles. The molecule has 3 aromatic rings. The Morgan fingerprint density at radius 3 is 2.69 bits per heavy atom. The van der Waals surface area contributed by atoms with Crippen LogP contribution >= 0.6 is 23.1 Å². The number of para-hydroxylation sites is 2. The molecule has 9 heteroatoms. The van der Waals surface area contributed by atoms with Crippen molar-refractivity contribution in [3.8, 4) is 0 Å². The lowest BCUT2D eigenvalue weighted by Crippen LogP contribution is -2.29. The van der Waals surface area contributed by atoms with Gasteiger partial charge in [0, 0.05) is 41.5 Å². The number of thioether (sulfide) groups is 1. The number of benzene rings is 2. The van der Waals surface area contributed by atoms with E-state index < -0.39 is 4.92 Å². The van der Waals surface area contributed by atoms with Crippen LogP contribution in [0.15, 0.2) is 58.3 Å². The van der Waals surface area contributed by atoms with Gasteiger partial charge in [-0.2, -0.15) is 0 Å². The van der Waals surface area contributed by atoms with Gasteiger partial charge in [-0.3, -0.25) is 14.9 Å². The minimum atomic E-state index is -0.432. The van der Waals surface area contributed by atoms with Crippen LogP contribution in [0.1, 0.15) is 21.6 Å². The number of aryl methyl sites for hydroxylation is 1. The van der Waals surface area contributed by atoms with E-state index in [1.165, 1.54) is 6.07 Å². The number of carbonyl (C=O) groups is 1. The molecule has 0 saturated heterocycles. The molecule has 2 N–H and O–H groups in total. The summed E-state index contributed by atoms with van der Waals surface area (Å²) in [4.78, 5) is 27.6. The van der Waals surface area contributed by atoms with E-state index in [1.807, 2.05) is 30.5 Å². The predicted octanol–water partition coefficient (Wildman–Crippen LogP) is 4.49. The molecule has 0 atom stereocenters. The number of anilines is 1. The maximum Gasteiger partial charge on any atom is 0.292 e. The Labute approximate surface area is 176 Å². The van der Waals surface area contributed by atoms with Crippen LogP contribution in [0.3, 0.4) is 0 Å². The lowest BCUT2D eigenvalue weighted by molar-refractivity contribution is -0.384. The molecular weight excluding hydrogens is 408 g/mol. The second-order valence-electron chi connectivity index (χ2n) is 6.16. The molecule has 0 spiro atoms. The fourth-order valence-corrected chi connectivity index (χ4v) is 4.51. The van der Waals surface area contributed by atoms with E-state index in [-0.39, 0.29) is 11.6 Å². The standard InChI is InChI=1S/C20H20N4O3S2/c1-14-12-28-20(23-14)29-13-15-6-2-3-7-16(15)19(25)22-11-10-21-17-8-4-5-9-18(17)24(26)27/h2-9,12,21H,10-11,13H2,1H3,(H,22,25). The Morgan fingerprint density at radius 2 is 1.93 bits per heavy atom. The fraction of sp³-hybridized carbons (Fsp3) is 0.200. The van der Waals surface area contributed by atoms with Crippen molar-refractivity contribution in [1.82, 2.24) is 10.3 Å². The van der Waals surface area contributed by atoms with Gasteiger partial charge in [-0.25, -0.2) is 4.98 Å². The zero-order chi connectivity index (χ0) is 20.6.